The Labute approximate surface area is 127 Å². The molecular formula is C17H14N2O3. The first kappa shape index (κ1) is 14.0. The Morgan fingerprint density at radius 2 is 1.77 bits per heavy atom. The number of carbonyl (C=O) groups excluding carboxylic acids is 3. The van der Waals surface area contributed by atoms with Crippen molar-refractivity contribution >= 4 is 23.4 Å². The highest BCUT2D eigenvalue weighted by Gasteiger charge is 2.35. The van der Waals surface area contributed by atoms with Crippen LogP contribution in [0.25, 0.3) is 0 Å². The molecule has 0 spiro atoms. The minimum Gasteiger partial charge on any atom is -0.321 e. The van der Waals surface area contributed by atoms with E-state index < -0.39 is 5.91 Å². The predicted octanol–water partition coefficient (Wildman–Crippen LogP) is 2.47. The van der Waals surface area contributed by atoms with Gasteiger partial charge in [0.05, 0.1) is 16.8 Å². The lowest BCUT2D eigenvalue weighted by Crippen LogP contribution is -2.24. The number of rotatable bonds is 2. The third-order valence-electron chi connectivity index (χ3n) is 3.65. The molecule has 1 aliphatic rings. The number of aryl methyl sites for hydroxylation is 1. The molecule has 5 heteroatoms. The molecule has 0 fully saturated rings. The average Bonchev–Trinajstić information content (AvgIpc) is 2.73. The summed E-state index contributed by atoms with van der Waals surface area (Å²) in [6.45, 7) is 1.90. The van der Waals surface area contributed by atoms with Crippen molar-refractivity contribution in [2.24, 2.45) is 0 Å². The van der Waals surface area contributed by atoms with Crippen LogP contribution in [0.2, 0.25) is 0 Å². The molecule has 0 saturated heterocycles. The summed E-state index contributed by atoms with van der Waals surface area (Å²) in [5.74, 6) is -1.07. The minimum absolute atomic E-state index is 0.246. The largest absolute Gasteiger partial charge is 0.321 e. The number of hydrogen-bond donors (Lipinski definition) is 1. The molecule has 1 aliphatic heterocycles. The Bertz CT molecular complexity index is 811. The number of imide groups is 1. The van der Waals surface area contributed by atoms with Crippen LogP contribution in [0.1, 0.15) is 36.6 Å². The van der Waals surface area contributed by atoms with E-state index in [1.807, 2.05) is 13.0 Å². The number of benzene rings is 2. The molecule has 0 saturated carbocycles. The second-order valence-corrected chi connectivity index (χ2v) is 5.22. The van der Waals surface area contributed by atoms with Gasteiger partial charge in [0, 0.05) is 12.6 Å². The molecule has 0 radical (unpaired) electrons. The summed E-state index contributed by atoms with van der Waals surface area (Å²) in [4.78, 5) is 37.5. The Hall–Kier alpha value is -2.95. The van der Waals surface area contributed by atoms with Crippen LogP contribution >= 0.6 is 0 Å². The van der Waals surface area contributed by atoms with Gasteiger partial charge in [-0.05, 0) is 31.2 Å². The third-order valence-corrected chi connectivity index (χ3v) is 3.65. The van der Waals surface area contributed by atoms with Gasteiger partial charge in [-0.25, -0.2) is 0 Å². The fraction of sp³-hybridized carbons (Fsp3) is 0.118. The van der Waals surface area contributed by atoms with Gasteiger partial charge in [-0.1, -0.05) is 23.8 Å². The maximum Gasteiger partial charge on any atom is 0.263 e. The van der Waals surface area contributed by atoms with E-state index >= 15 is 0 Å². The van der Waals surface area contributed by atoms with E-state index in [2.05, 4.69) is 5.32 Å². The fourth-order valence-corrected chi connectivity index (χ4v) is 2.49. The highest BCUT2D eigenvalue weighted by atomic mass is 16.2. The Morgan fingerprint density at radius 3 is 2.50 bits per heavy atom. The van der Waals surface area contributed by atoms with Crippen molar-refractivity contribution in [1.82, 2.24) is 4.90 Å². The normalized spacial score (nSPS) is 13.3. The molecule has 0 unspecified atom stereocenters. The Kier molecular flexibility index (Phi) is 3.25. The maximum absolute atomic E-state index is 12.3. The monoisotopic (exact) mass is 294 g/mol. The van der Waals surface area contributed by atoms with Crippen molar-refractivity contribution in [3.63, 3.8) is 0 Å². The number of anilines is 1. The van der Waals surface area contributed by atoms with Crippen molar-refractivity contribution in [3.8, 4) is 0 Å². The van der Waals surface area contributed by atoms with Gasteiger partial charge < -0.3 is 5.32 Å². The number of nitrogens with one attached hydrogen (secondary N) is 1. The number of amides is 3. The van der Waals surface area contributed by atoms with Crippen LogP contribution in [0.15, 0.2) is 42.5 Å². The Balaban J connectivity index is 1.97. The first-order valence-electron chi connectivity index (χ1n) is 6.82. The predicted molar refractivity (Wildman–Crippen MR) is 82.0 cm³/mol. The van der Waals surface area contributed by atoms with Gasteiger partial charge in [0.1, 0.15) is 0 Å². The first-order valence-corrected chi connectivity index (χ1v) is 6.82. The number of nitrogens with zero attached hydrogens (tertiary/aromatic N) is 1. The number of carbonyl (C=O) groups is 3. The van der Waals surface area contributed by atoms with E-state index in [1.54, 1.807) is 36.4 Å². The van der Waals surface area contributed by atoms with Crippen LogP contribution in [0.4, 0.5) is 5.69 Å². The second-order valence-electron chi connectivity index (χ2n) is 5.22. The summed E-state index contributed by atoms with van der Waals surface area (Å²) < 4.78 is 0. The van der Waals surface area contributed by atoms with Crippen LogP contribution in [0.5, 0.6) is 0 Å². The standard InChI is InChI=1S/C17H14N2O3/c1-10-5-3-6-11(9-10)15(20)18-13-8-4-7-12-14(13)17(22)19(2)16(12)21/h3-9H,1-2H3,(H,18,20). The third kappa shape index (κ3) is 2.16. The van der Waals surface area contributed by atoms with Crippen molar-refractivity contribution in [3.05, 3.63) is 64.7 Å². The zero-order chi connectivity index (χ0) is 15.9. The van der Waals surface area contributed by atoms with Crippen molar-refractivity contribution in [2.75, 3.05) is 12.4 Å². The van der Waals surface area contributed by atoms with Gasteiger partial charge in [0.15, 0.2) is 0 Å². The summed E-state index contributed by atoms with van der Waals surface area (Å²) in [6, 6.07) is 12.0. The topological polar surface area (TPSA) is 66.5 Å². The van der Waals surface area contributed by atoms with E-state index in [0.717, 1.165) is 10.5 Å². The Morgan fingerprint density at radius 1 is 1.05 bits per heavy atom. The van der Waals surface area contributed by atoms with Crippen LogP contribution < -0.4 is 5.32 Å². The van der Waals surface area contributed by atoms with Crippen molar-refractivity contribution < 1.29 is 14.4 Å². The lowest BCUT2D eigenvalue weighted by molar-refractivity contribution is 0.0693. The molecule has 5 nitrogen and oxygen atoms in total. The van der Waals surface area contributed by atoms with Crippen LogP contribution in [-0.2, 0) is 0 Å². The molecule has 110 valence electrons. The molecule has 2 aromatic rings. The molecule has 0 aliphatic carbocycles. The van der Waals surface area contributed by atoms with Crippen LogP contribution in [-0.4, -0.2) is 29.7 Å². The molecule has 2 aromatic carbocycles. The molecule has 1 heterocycles. The summed E-state index contributed by atoms with van der Waals surface area (Å²) in [6.07, 6.45) is 0. The van der Waals surface area contributed by atoms with Gasteiger partial charge in [0.2, 0.25) is 0 Å². The van der Waals surface area contributed by atoms with Crippen LogP contribution in [0, 0.1) is 6.92 Å². The van der Waals surface area contributed by atoms with E-state index in [-0.39, 0.29) is 17.4 Å². The zero-order valence-electron chi connectivity index (χ0n) is 12.2. The quantitative estimate of drug-likeness (QED) is 0.865. The molecular weight excluding hydrogens is 280 g/mol. The lowest BCUT2D eigenvalue weighted by Gasteiger charge is -2.09. The molecule has 1 N–H and O–H groups in total. The maximum atomic E-state index is 12.3. The minimum atomic E-state index is -0.403. The summed E-state index contributed by atoms with van der Waals surface area (Å²) in [5.41, 5.74) is 2.39. The molecule has 22 heavy (non-hydrogen) atoms. The number of fused-ring (bicyclic) bond motifs is 1. The van der Waals surface area contributed by atoms with Crippen molar-refractivity contribution in [1.29, 1.82) is 0 Å². The smallest absolute Gasteiger partial charge is 0.263 e. The molecule has 0 bridgehead atoms. The highest BCUT2D eigenvalue weighted by molar-refractivity contribution is 6.24. The number of hydrogen-bond acceptors (Lipinski definition) is 3. The summed E-state index contributed by atoms with van der Waals surface area (Å²) in [7, 11) is 1.43. The van der Waals surface area contributed by atoms with Gasteiger partial charge in [-0.15, -0.1) is 0 Å². The molecule has 3 rings (SSSR count). The SMILES string of the molecule is Cc1cccc(C(=O)Nc2cccc3c2C(=O)N(C)C3=O)c1. The molecule has 0 atom stereocenters. The van der Waals surface area contributed by atoms with Crippen LogP contribution in [0.3, 0.4) is 0 Å². The van der Waals surface area contributed by atoms with E-state index in [0.29, 0.717) is 16.8 Å². The van der Waals surface area contributed by atoms with E-state index in [4.69, 9.17) is 0 Å². The molecule has 3 amide bonds. The van der Waals surface area contributed by atoms with Gasteiger partial charge >= 0.3 is 0 Å². The lowest BCUT2D eigenvalue weighted by atomic mass is 10.1. The zero-order valence-corrected chi connectivity index (χ0v) is 12.2. The fourth-order valence-electron chi connectivity index (χ4n) is 2.49. The highest BCUT2D eigenvalue weighted by Crippen LogP contribution is 2.28. The molecule has 0 aromatic heterocycles. The van der Waals surface area contributed by atoms with Gasteiger partial charge in [-0.2, -0.15) is 0 Å². The summed E-state index contributed by atoms with van der Waals surface area (Å²) in [5, 5.41) is 2.72. The first-order chi connectivity index (χ1) is 10.5. The average molecular weight is 294 g/mol. The van der Waals surface area contributed by atoms with E-state index in [1.165, 1.54) is 7.05 Å². The van der Waals surface area contributed by atoms with Gasteiger partial charge in [0.25, 0.3) is 17.7 Å². The van der Waals surface area contributed by atoms with Gasteiger partial charge in [-0.3, -0.25) is 19.3 Å². The van der Waals surface area contributed by atoms with Crippen molar-refractivity contribution in [2.45, 2.75) is 6.92 Å². The van der Waals surface area contributed by atoms with E-state index in [9.17, 15) is 14.4 Å². The summed E-state index contributed by atoms with van der Waals surface area (Å²) >= 11 is 0. The second kappa shape index (κ2) is 5.11.